The number of halogens is 1. The topological polar surface area (TPSA) is 125 Å². The molecule has 0 saturated heterocycles. The summed E-state index contributed by atoms with van der Waals surface area (Å²) in [5.41, 5.74) is 0.663. The fourth-order valence-corrected chi connectivity index (χ4v) is 2.75. The standard InChI is InChI=1S/C17H17ClN2O6S/c1-25-15-7-6-13(27(19,23)24)8-14(15)17(22)26-10-16(21)20-9-11-2-4-12(18)5-3-11/h2-8H,9-10H2,1H3,(H,20,21)(H2,19,23,24). The number of rotatable bonds is 7. The van der Waals surface area contributed by atoms with E-state index in [0.717, 1.165) is 11.6 Å². The van der Waals surface area contributed by atoms with Crippen LogP contribution in [0.25, 0.3) is 0 Å². The minimum Gasteiger partial charge on any atom is -0.496 e. The minimum atomic E-state index is -4.01. The molecule has 27 heavy (non-hydrogen) atoms. The number of amides is 1. The zero-order valence-corrected chi connectivity index (χ0v) is 15.8. The van der Waals surface area contributed by atoms with Gasteiger partial charge in [-0.1, -0.05) is 23.7 Å². The Morgan fingerprint density at radius 3 is 2.41 bits per heavy atom. The third kappa shape index (κ3) is 5.95. The summed E-state index contributed by atoms with van der Waals surface area (Å²) < 4.78 is 32.8. The van der Waals surface area contributed by atoms with Gasteiger partial charge < -0.3 is 14.8 Å². The smallest absolute Gasteiger partial charge is 0.342 e. The first kappa shape index (κ1) is 20.7. The predicted molar refractivity (Wildman–Crippen MR) is 97.9 cm³/mol. The second kappa shape index (κ2) is 8.85. The average molecular weight is 413 g/mol. The summed E-state index contributed by atoms with van der Waals surface area (Å²) in [6.07, 6.45) is 0. The van der Waals surface area contributed by atoms with Crippen LogP contribution in [0.4, 0.5) is 0 Å². The van der Waals surface area contributed by atoms with Gasteiger partial charge in [-0.3, -0.25) is 4.79 Å². The van der Waals surface area contributed by atoms with Crippen molar-refractivity contribution in [2.75, 3.05) is 13.7 Å². The number of nitrogens with one attached hydrogen (secondary N) is 1. The number of primary sulfonamides is 1. The van der Waals surface area contributed by atoms with Crippen molar-refractivity contribution in [3.05, 3.63) is 58.6 Å². The SMILES string of the molecule is COc1ccc(S(N)(=O)=O)cc1C(=O)OCC(=O)NCc1ccc(Cl)cc1. The molecule has 0 heterocycles. The molecule has 0 spiro atoms. The van der Waals surface area contributed by atoms with Crippen molar-refractivity contribution in [2.45, 2.75) is 11.4 Å². The monoisotopic (exact) mass is 412 g/mol. The number of carbonyl (C=O) groups is 2. The number of hydrogen-bond acceptors (Lipinski definition) is 6. The van der Waals surface area contributed by atoms with Crippen molar-refractivity contribution in [3.63, 3.8) is 0 Å². The van der Waals surface area contributed by atoms with Crippen molar-refractivity contribution < 1.29 is 27.5 Å². The Morgan fingerprint density at radius 2 is 1.81 bits per heavy atom. The molecule has 2 aromatic carbocycles. The highest BCUT2D eigenvalue weighted by molar-refractivity contribution is 7.89. The van der Waals surface area contributed by atoms with Crippen LogP contribution in [0.5, 0.6) is 5.75 Å². The number of esters is 1. The van der Waals surface area contributed by atoms with Crippen molar-refractivity contribution in [1.29, 1.82) is 0 Å². The van der Waals surface area contributed by atoms with Crippen molar-refractivity contribution >= 4 is 33.5 Å². The molecule has 2 aromatic rings. The Morgan fingerprint density at radius 1 is 1.15 bits per heavy atom. The van der Waals surface area contributed by atoms with Crippen LogP contribution >= 0.6 is 11.6 Å². The quantitative estimate of drug-likeness (QED) is 0.663. The molecule has 0 radical (unpaired) electrons. The summed E-state index contributed by atoms with van der Waals surface area (Å²) in [6, 6.07) is 10.4. The molecule has 0 saturated carbocycles. The maximum absolute atomic E-state index is 12.2. The first-order chi connectivity index (χ1) is 12.7. The van der Waals surface area contributed by atoms with E-state index in [0.29, 0.717) is 5.02 Å². The number of nitrogens with two attached hydrogens (primary N) is 1. The summed E-state index contributed by atoms with van der Waals surface area (Å²) in [4.78, 5) is 23.7. The van der Waals surface area contributed by atoms with Crippen LogP contribution in [-0.4, -0.2) is 34.0 Å². The van der Waals surface area contributed by atoms with Crippen LogP contribution in [0.1, 0.15) is 15.9 Å². The Bertz CT molecular complexity index is 944. The van der Waals surface area contributed by atoms with Crippen LogP contribution in [0.15, 0.2) is 47.4 Å². The van der Waals surface area contributed by atoms with Crippen molar-refractivity contribution in [2.24, 2.45) is 5.14 Å². The van der Waals surface area contributed by atoms with Gasteiger partial charge in [0.15, 0.2) is 6.61 Å². The third-order valence-electron chi connectivity index (χ3n) is 3.46. The summed E-state index contributed by atoms with van der Waals surface area (Å²) in [5, 5.41) is 8.21. The molecule has 0 fully saturated rings. The van der Waals surface area contributed by atoms with E-state index < -0.39 is 28.5 Å². The molecule has 0 aromatic heterocycles. The van der Waals surface area contributed by atoms with E-state index in [1.807, 2.05) is 0 Å². The lowest BCUT2D eigenvalue weighted by Crippen LogP contribution is -2.28. The molecule has 0 unspecified atom stereocenters. The van der Waals surface area contributed by atoms with E-state index in [1.54, 1.807) is 24.3 Å². The van der Waals surface area contributed by atoms with E-state index in [1.165, 1.54) is 19.2 Å². The van der Waals surface area contributed by atoms with Gasteiger partial charge in [-0.25, -0.2) is 18.4 Å². The molecule has 1 amide bonds. The van der Waals surface area contributed by atoms with Gasteiger partial charge in [0.25, 0.3) is 5.91 Å². The van der Waals surface area contributed by atoms with E-state index in [4.69, 9.17) is 26.2 Å². The van der Waals surface area contributed by atoms with E-state index in [2.05, 4.69) is 5.32 Å². The molecular formula is C17H17ClN2O6S. The third-order valence-corrected chi connectivity index (χ3v) is 4.62. The zero-order chi connectivity index (χ0) is 20.0. The fourth-order valence-electron chi connectivity index (χ4n) is 2.09. The first-order valence-electron chi connectivity index (χ1n) is 7.60. The highest BCUT2D eigenvalue weighted by atomic mass is 35.5. The molecule has 0 aliphatic heterocycles. The Kier molecular flexibility index (Phi) is 6.78. The summed E-state index contributed by atoms with van der Waals surface area (Å²) in [5.74, 6) is -1.35. The van der Waals surface area contributed by atoms with Crippen LogP contribution in [0.2, 0.25) is 5.02 Å². The van der Waals surface area contributed by atoms with Crippen molar-refractivity contribution in [3.8, 4) is 5.75 Å². The Hall–Kier alpha value is -2.62. The summed E-state index contributed by atoms with van der Waals surface area (Å²) >= 11 is 5.78. The number of ether oxygens (including phenoxy) is 2. The minimum absolute atomic E-state index is 0.0916. The predicted octanol–water partition coefficient (Wildman–Crippen LogP) is 1.47. The molecule has 0 bridgehead atoms. The largest absolute Gasteiger partial charge is 0.496 e. The maximum Gasteiger partial charge on any atom is 0.342 e. The molecule has 2 rings (SSSR count). The lowest BCUT2D eigenvalue weighted by atomic mass is 10.2. The van der Waals surface area contributed by atoms with E-state index in [-0.39, 0.29) is 22.8 Å². The second-order valence-corrected chi connectivity index (χ2v) is 7.38. The van der Waals surface area contributed by atoms with Gasteiger partial charge in [0, 0.05) is 11.6 Å². The Labute approximate surface area is 161 Å². The second-order valence-electron chi connectivity index (χ2n) is 5.39. The van der Waals surface area contributed by atoms with Gasteiger partial charge in [-0.05, 0) is 35.9 Å². The average Bonchev–Trinajstić information content (AvgIpc) is 2.64. The fraction of sp³-hybridized carbons (Fsp3) is 0.176. The van der Waals surface area contributed by atoms with Gasteiger partial charge in [-0.2, -0.15) is 0 Å². The molecular weight excluding hydrogens is 396 g/mol. The van der Waals surface area contributed by atoms with Gasteiger partial charge in [0.2, 0.25) is 10.0 Å². The van der Waals surface area contributed by atoms with Crippen LogP contribution in [0.3, 0.4) is 0 Å². The van der Waals surface area contributed by atoms with Crippen LogP contribution in [-0.2, 0) is 26.1 Å². The van der Waals surface area contributed by atoms with Gasteiger partial charge >= 0.3 is 5.97 Å². The molecule has 0 aliphatic carbocycles. The van der Waals surface area contributed by atoms with Crippen molar-refractivity contribution in [1.82, 2.24) is 5.32 Å². The van der Waals surface area contributed by atoms with Crippen LogP contribution in [0, 0.1) is 0 Å². The molecule has 10 heteroatoms. The molecule has 144 valence electrons. The van der Waals surface area contributed by atoms with Gasteiger partial charge in [0.05, 0.1) is 12.0 Å². The number of hydrogen-bond donors (Lipinski definition) is 2. The number of benzene rings is 2. The Balaban J connectivity index is 1.98. The molecule has 0 atom stereocenters. The zero-order valence-electron chi connectivity index (χ0n) is 14.3. The summed E-state index contributed by atoms with van der Waals surface area (Å²) in [7, 11) is -2.70. The number of carbonyl (C=O) groups excluding carboxylic acids is 2. The van der Waals surface area contributed by atoms with Gasteiger partial charge in [-0.15, -0.1) is 0 Å². The summed E-state index contributed by atoms with van der Waals surface area (Å²) in [6.45, 7) is -0.313. The highest BCUT2D eigenvalue weighted by Gasteiger charge is 2.19. The highest BCUT2D eigenvalue weighted by Crippen LogP contribution is 2.22. The van der Waals surface area contributed by atoms with E-state index in [9.17, 15) is 18.0 Å². The first-order valence-corrected chi connectivity index (χ1v) is 9.52. The number of sulfonamides is 1. The van der Waals surface area contributed by atoms with Gasteiger partial charge in [0.1, 0.15) is 11.3 Å². The molecule has 0 aliphatic rings. The molecule has 3 N–H and O–H groups in total. The molecule has 8 nitrogen and oxygen atoms in total. The maximum atomic E-state index is 12.2. The normalized spacial score (nSPS) is 10.9. The lowest BCUT2D eigenvalue weighted by molar-refractivity contribution is -0.124. The van der Waals surface area contributed by atoms with Crippen LogP contribution < -0.4 is 15.2 Å². The van der Waals surface area contributed by atoms with E-state index >= 15 is 0 Å². The lowest BCUT2D eigenvalue weighted by Gasteiger charge is -2.10. The number of methoxy groups -OCH3 is 1.